The number of hydrogen-bond donors (Lipinski definition) is 1. The molecule has 0 radical (unpaired) electrons. The molecule has 0 spiro atoms. The lowest BCUT2D eigenvalue weighted by molar-refractivity contribution is 0.204. The summed E-state index contributed by atoms with van der Waals surface area (Å²) in [5.74, 6) is 0. The van der Waals surface area contributed by atoms with E-state index in [0.29, 0.717) is 6.54 Å². The third-order valence-corrected chi connectivity index (χ3v) is 2.01. The average molecular weight is 209 g/mol. The minimum absolute atomic E-state index is 0.202. The highest BCUT2D eigenvalue weighted by Crippen LogP contribution is 1.85. The largest absolute Gasteiger partial charge is 0.395 e. The van der Waals surface area contributed by atoms with E-state index in [1.807, 2.05) is 19.0 Å². The van der Waals surface area contributed by atoms with Crippen LogP contribution in [0.5, 0.6) is 0 Å². The molecule has 0 rings (SSSR count). The summed E-state index contributed by atoms with van der Waals surface area (Å²) in [6, 6.07) is 0. The molecule has 0 aromatic heterocycles. The molecule has 0 aliphatic heterocycles. The van der Waals surface area contributed by atoms with E-state index in [1.165, 1.54) is 0 Å². The van der Waals surface area contributed by atoms with Crippen molar-refractivity contribution in [1.82, 2.24) is 9.91 Å². The van der Waals surface area contributed by atoms with Gasteiger partial charge in [0, 0.05) is 48.0 Å². The molecular weight excluding hydrogens is 194 g/mol. The molecule has 4 nitrogen and oxygen atoms in total. The molecule has 0 heterocycles. The Morgan fingerprint density at radius 2 is 2.00 bits per heavy atom. The van der Waals surface area contributed by atoms with Crippen molar-refractivity contribution in [1.29, 1.82) is 0 Å². The van der Waals surface area contributed by atoms with Gasteiger partial charge in [-0.15, -0.1) is 4.47 Å². The summed E-state index contributed by atoms with van der Waals surface area (Å²) in [6.45, 7) is 2.62. The lowest BCUT2D eigenvalue weighted by Gasteiger charge is -2.16. The van der Waals surface area contributed by atoms with Crippen molar-refractivity contribution in [3.8, 4) is 0 Å². The molecule has 1 N–H and O–H groups in total. The molecule has 12 heavy (non-hydrogen) atoms. The quantitative estimate of drug-likeness (QED) is 0.598. The van der Waals surface area contributed by atoms with Crippen LogP contribution in [0.3, 0.4) is 0 Å². The first-order valence-corrected chi connectivity index (χ1v) is 5.41. The van der Waals surface area contributed by atoms with Crippen LogP contribution in [0.25, 0.3) is 0 Å². The van der Waals surface area contributed by atoms with Gasteiger partial charge in [0.05, 0.1) is 6.61 Å². The molecule has 0 aromatic rings. The van der Waals surface area contributed by atoms with Crippen LogP contribution < -0.4 is 0 Å². The molecule has 0 atom stereocenters. The lowest BCUT2D eigenvalue weighted by Crippen LogP contribution is -2.30. The van der Waals surface area contributed by atoms with Gasteiger partial charge in [-0.3, -0.25) is 0 Å². The number of rotatable bonds is 6. The van der Waals surface area contributed by atoms with Gasteiger partial charge in [0.2, 0.25) is 0 Å². The monoisotopic (exact) mass is 209 g/mol. The van der Waals surface area contributed by atoms with Crippen molar-refractivity contribution >= 4 is 21.3 Å². The predicted octanol–water partition coefficient (Wildman–Crippen LogP) is -0.515. The van der Waals surface area contributed by atoms with Crippen molar-refractivity contribution in [2.45, 2.75) is 0 Å². The van der Waals surface area contributed by atoms with E-state index in [2.05, 4.69) is 15.7 Å². The standard InChI is InChI=1S/C6H15N3OS2/c1-8(5-6-10)3-4-9(2)7-12-11/h10H,3-6H2,1-2H3. The van der Waals surface area contributed by atoms with Crippen molar-refractivity contribution in [3.05, 3.63) is 0 Å². The number of hydrogen-bond acceptors (Lipinski definition) is 4. The highest BCUT2D eigenvalue weighted by molar-refractivity contribution is 8.12. The van der Waals surface area contributed by atoms with Gasteiger partial charge in [-0.05, 0) is 7.05 Å². The Hall–Kier alpha value is 0.120. The van der Waals surface area contributed by atoms with Crippen molar-refractivity contribution in [2.75, 3.05) is 40.3 Å². The van der Waals surface area contributed by atoms with Gasteiger partial charge in [-0.1, -0.05) is 0 Å². The zero-order valence-electron chi connectivity index (χ0n) is 7.43. The number of aliphatic hydroxyl groups is 1. The Morgan fingerprint density at radius 3 is 2.50 bits per heavy atom. The van der Waals surface area contributed by atoms with Crippen LogP contribution in [0.2, 0.25) is 0 Å². The zero-order valence-corrected chi connectivity index (χ0v) is 9.07. The summed E-state index contributed by atoms with van der Waals surface area (Å²) >= 11 is 4.61. The summed E-state index contributed by atoms with van der Waals surface area (Å²) in [5.41, 5.74) is 0. The van der Waals surface area contributed by atoms with Crippen molar-refractivity contribution in [3.63, 3.8) is 0 Å². The van der Waals surface area contributed by atoms with Gasteiger partial charge in [0.25, 0.3) is 0 Å². The first kappa shape index (κ1) is 12.1. The molecule has 0 saturated carbocycles. The lowest BCUT2D eigenvalue weighted by atomic mass is 10.5. The SMILES string of the molecule is CN(CCO)CCN(C)N=S=S. The molecule has 0 bridgehead atoms. The average Bonchev–Trinajstić information content (AvgIpc) is 2.02. The maximum atomic E-state index is 8.61. The van der Waals surface area contributed by atoms with E-state index in [1.54, 1.807) is 5.01 Å². The third kappa shape index (κ3) is 6.81. The van der Waals surface area contributed by atoms with Crippen molar-refractivity contribution < 1.29 is 5.11 Å². The molecule has 0 amide bonds. The Balaban J connectivity index is 3.46. The Labute approximate surface area is 81.5 Å². The fraction of sp³-hybridized carbons (Fsp3) is 1.00. The second kappa shape index (κ2) is 7.75. The van der Waals surface area contributed by atoms with Crippen LogP contribution in [-0.2, 0) is 21.3 Å². The molecular formula is C6H15N3OS2. The number of aliphatic hydroxyl groups excluding tert-OH is 1. The second-order valence-electron chi connectivity index (χ2n) is 2.56. The Morgan fingerprint density at radius 1 is 1.33 bits per heavy atom. The molecule has 0 fully saturated rings. The van der Waals surface area contributed by atoms with E-state index >= 15 is 0 Å². The van der Waals surface area contributed by atoms with E-state index < -0.39 is 0 Å². The van der Waals surface area contributed by atoms with Crippen LogP contribution in [0.4, 0.5) is 0 Å². The maximum absolute atomic E-state index is 8.61. The highest BCUT2D eigenvalue weighted by atomic mass is 32.8. The zero-order chi connectivity index (χ0) is 9.40. The first-order chi connectivity index (χ1) is 5.70. The minimum atomic E-state index is 0.202. The van der Waals surface area contributed by atoms with E-state index in [0.717, 1.165) is 23.2 Å². The van der Waals surface area contributed by atoms with Gasteiger partial charge >= 0.3 is 0 Å². The Bertz CT molecular complexity index is 161. The van der Waals surface area contributed by atoms with E-state index in [4.69, 9.17) is 5.11 Å². The second-order valence-corrected chi connectivity index (χ2v) is 3.32. The normalized spacial score (nSPS) is 10.8. The summed E-state index contributed by atoms with van der Waals surface area (Å²) in [7, 11) is 4.89. The van der Waals surface area contributed by atoms with Gasteiger partial charge < -0.3 is 10.0 Å². The fourth-order valence-corrected chi connectivity index (χ4v) is 1.23. The van der Waals surface area contributed by atoms with E-state index in [-0.39, 0.29) is 6.61 Å². The van der Waals surface area contributed by atoms with E-state index in [9.17, 15) is 0 Å². The fourth-order valence-electron chi connectivity index (χ4n) is 0.696. The van der Waals surface area contributed by atoms with Gasteiger partial charge in [0.15, 0.2) is 0 Å². The minimum Gasteiger partial charge on any atom is -0.395 e. The molecule has 6 heteroatoms. The molecule has 72 valence electrons. The third-order valence-electron chi connectivity index (χ3n) is 1.46. The van der Waals surface area contributed by atoms with Crippen LogP contribution in [-0.4, -0.2) is 55.4 Å². The molecule has 0 aliphatic rings. The summed E-state index contributed by atoms with van der Waals surface area (Å²) in [5, 5.41) is 10.4. The molecule has 0 aromatic carbocycles. The predicted molar refractivity (Wildman–Crippen MR) is 54.4 cm³/mol. The Kier molecular flexibility index (Phi) is 7.83. The van der Waals surface area contributed by atoms with Crippen LogP contribution in [0.1, 0.15) is 0 Å². The maximum Gasteiger partial charge on any atom is 0.0558 e. The van der Waals surface area contributed by atoms with Gasteiger partial charge in [-0.2, -0.15) is 5.01 Å². The first-order valence-electron chi connectivity index (χ1n) is 3.71. The van der Waals surface area contributed by atoms with Crippen molar-refractivity contribution in [2.24, 2.45) is 4.47 Å². The summed E-state index contributed by atoms with van der Waals surface area (Å²) < 4.78 is 3.93. The molecule has 0 saturated heterocycles. The number of likely N-dealkylation sites (N-methyl/N-ethyl adjacent to an activating group) is 2. The van der Waals surface area contributed by atoms with Crippen LogP contribution >= 0.6 is 0 Å². The summed E-state index contributed by atoms with van der Waals surface area (Å²) in [4.78, 5) is 2.04. The van der Waals surface area contributed by atoms with Gasteiger partial charge in [0.1, 0.15) is 0 Å². The van der Waals surface area contributed by atoms with Crippen LogP contribution in [0, 0.1) is 0 Å². The van der Waals surface area contributed by atoms with Crippen LogP contribution in [0.15, 0.2) is 4.47 Å². The molecule has 0 unspecified atom stereocenters. The van der Waals surface area contributed by atoms with Gasteiger partial charge in [-0.25, -0.2) is 0 Å². The molecule has 0 aliphatic carbocycles. The smallest absolute Gasteiger partial charge is 0.0558 e. The highest BCUT2D eigenvalue weighted by Gasteiger charge is 1.98. The summed E-state index contributed by atoms with van der Waals surface area (Å²) in [6.07, 6.45) is 0. The topological polar surface area (TPSA) is 39.1 Å². The number of nitrogens with zero attached hydrogens (tertiary/aromatic N) is 3.